The molecular weight excluding hydrogens is 198 g/mol. The van der Waals surface area contributed by atoms with E-state index in [0.29, 0.717) is 6.04 Å². The molecule has 3 rings (SSSR count). The molecule has 84 valence electrons. The highest BCUT2D eigenvalue weighted by Crippen LogP contribution is 2.28. The molecule has 1 aromatic rings. The van der Waals surface area contributed by atoms with Gasteiger partial charge in [0.2, 0.25) is 0 Å². The van der Waals surface area contributed by atoms with E-state index < -0.39 is 0 Å². The van der Waals surface area contributed by atoms with Crippen LogP contribution >= 0.6 is 0 Å². The minimum atomic E-state index is 0.687. The smallest absolute Gasteiger partial charge is 0.0559 e. The van der Waals surface area contributed by atoms with Gasteiger partial charge in [-0.1, -0.05) is 12.7 Å². The maximum absolute atomic E-state index is 4.26. The van der Waals surface area contributed by atoms with Gasteiger partial charge in [0, 0.05) is 25.3 Å². The molecule has 0 radical (unpaired) electrons. The van der Waals surface area contributed by atoms with Crippen molar-refractivity contribution in [2.75, 3.05) is 24.5 Å². The Labute approximate surface area is 96.2 Å². The zero-order valence-electron chi connectivity index (χ0n) is 9.39. The molecule has 3 heterocycles. The number of hydrogen-bond donors (Lipinski definition) is 1. The van der Waals surface area contributed by atoms with Crippen LogP contribution in [0.2, 0.25) is 0 Å². The first-order valence-electron chi connectivity index (χ1n) is 5.92. The number of hydrogen-bond acceptors (Lipinski definition) is 3. The fourth-order valence-corrected chi connectivity index (χ4v) is 2.79. The predicted octanol–water partition coefficient (Wildman–Crippen LogP) is 1.52. The molecule has 1 aromatic heterocycles. The average molecular weight is 215 g/mol. The highest BCUT2D eigenvalue weighted by atomic mass is 15.2. The molecule has 16 heavy (non-hydrogen) atoms. The summed E-state index contributed by atoms with van der Waals surface area (Å²) in [4.78, 5) is 6.69. The van der Waals surface area contributed by atoms with Gasteiger partial charge < -0.3 is 10.2 Å². The molecule has 2 aliphatic heterocycles. The van der Waals surface area contributed by atoms with Gasteiger partial charge in [0.15, 0.2) is 0 Å². The normalized spacial score (nSPS) is 28.1. The second-order valence-corrected chi connectivity index (χ2v) is 4.69. The Balaban J connectivity index is 1.80. The van der Waals surface area contributed by atoms with Gasteiger partial charge in [0.1, 0.15) is 0 Å². The number of pyridine rings is 1. The summed E-state index contributed by atoms with van der Waals surface area (Å²) in [6.45, 7) is 7.26. The summed E-state index contributed by atoms with van der Waals surface area (Å²) < 4.78 is 0. The first-order chi connectivity index (χ1) is 7.86. The number of fused-ring (bicyclic) bond motifs is 1. The minimum absolute atomic E-state index is 0.687. The van der Waals surface area contributed by atoms with E-state index >= 15 is 0 Å². The van der Waals surface area contributed by atoms with Crippen molar-refractivity contribution in [3.05, 3.63) is 30.6 Å². The van der Waals surface area contributed by atoms with Gasteiger partial charge in [-0.2, -0.15) is 0 Å². The Morgan fingerprint density at radius 3 is 3.19 bits per heavy atom. The van der Waals surface area contributed by atoms with E-state index in [1.165, 1.54) is 25.2 Å². The summed E-state index contributed by atoms with van der Waals surface area (Å²) in [5, 5.41) is 3.56. The first kappa shape index (κ1) is 9.85. The lowest BCUT2D eigenvalue weighted by Gasteiger charge is -2.19. The van der Waals surface area contributed by atoms with Crippen molar-refractivity contribution in [1.82, 2.24) is 10.3 Å². The molecule has 3 nitrogen and oxygen atoms in total. The monoisotopic (exact) mass is 215 g/mol. The third-order valence-corrected chi connectivity index (χ3v) is 3.71. The largest absolute Gasteiger partial charge is 0.368 e. The molecule has 0 spiro atoms. The number of rotatable bonds is 2. The second-order valence-electron chi connectivity index (χ2n) is 4.69. The van der Waals surface area contributed by atoms with Crippen molar-refractivity contribution in [3.63, 3.8) is 0 Å². The summed E-state index contributed by atoms with van der Waals surface area (Å²) in [6.07, 6.45) is 6.97. The minimum Gasteiger partial charge on any atom is -0.368 e. The summed E-state index contributed by atoms with van der Waals surface area (Å²) in [6, 6.07) is 2.86. The highest BCUT2D eigenvalue weighted by Gasteiger charge is 2.35. The van der Waals surface area contributed by atoms with Gasteiger partial charge in [-0.05, 0) is 30.5 Å². The Kier molecular flexibility index (Phi) is 2.40. The van der Waals surface area contributed by atoms with Crippen LogP contribution in [0.15, 0.2) is 25.0 Å². The molecule has 2 fully saturated rings. The van der Waals surface area contributed by atoms with E-state index in [9.17, 15) is 0 Å². The van der Waals surface area contributed by atoms with Crippen molar-refractivity contribution in [2.45, 2.75) is 12.5 Å². The molecule has 0 amide bonds. The van der Waals surface area contributed by atoms with Gasteiger partial charge in [0.05, 0.1) is 11.9 Å². The summed E-state index contributed by atoms with van der Waals surface area (Å²) in [5.41, 5.74) is 2.33. The fourth-order valence-electron chi connectivity index (χ4n) is 2.79. The van der Waals surface area contributed by atoms with Crippen molar-refractivity contribution >= 4 is 11.8 Å². The maximum atomic E-state index is 4.26. The van der Waals surface area contributed by atoms with Crippen LogP contribution < -0.4 is 10.2 Å². The number of nitrogens with one attached hydrogen (secondary N) is 1. The van der Waals surface area contributed by atoms with Crippen LogP contribution in [0.1, 0.15) is 12.0 Å². The molecule has 1 unspecified atom stereocenters. The van der Waals surface area contributed by atoms with Gasteiger partial charge >= 0.3 is 0 Å². The van der Waals surface area contributed by atoms with E-state index in [4.69, 9.17) is 0 Å². The quantitative estimate of drug-likeness (QED) is 0.810. The Morgan fingerprint density at radius 2 is 2.38 bits per heavy atom. The third kappa shape index (κ3) is 1.61. The number of nitrogens with zero attached hydrogens (tertiary/aromatic N) is 2. The van der Waals surface area contributed by atoms with E-state index in [1.807, 2.05) is 18.5 Å². The van der Waals surface area contributed by atoms with Crippen molar-refractivity contribution in [3.8, 4) is 0 Å². The van der Waals surface area contributed by atoms with Crippen molar-refractivity contribution < 1.29 is 0 Å². The van der Waals surface area contributed by atoms with Gasteiger partial charge in [0.25, 0.3) is 0 Å². The van der Waals surface area contributed by atoms with Crippen molar-refractivity contribution in [1.29, 1.82) is 0 Å². The van der Waals surface area contributed by atoms with Crippen LogP contribution in [0.3, 0.4) is 0 Å². The Hall–Kier alpha value is -1.35. The van der Waals surface area contributed by atoms with Crippen LogP contribution in [0.4, 0.5) is 5.69 Å². The van der Waals surface area contributed by atoms with Gasteiger partial charge in [-0.15, -0.1) is 0 Å². The van der Waals surface area contributed by atoms with Gasteiger partial charge in [-0.25, -0.2) is 0 Å². The molecule has 2 saturated heterocycles. The zero-order chi connectivity index (χ0) is 11.0. The molecule has 0 aromatic carbocycles. The topological polar surface area (TPSA) is 28.2 Å². The molecule has 0 aliphatic carbocycles. The summed E-state index contributed by atoms with van der Waals surface area (Å²) in [5.74, 6) is 0.826. The van der Waals surface area contributed by atoms with Crippen LogP contribution in [0.25, 0.3) is 6.08 Å². The fraction of sp³-hybridized carbons (Fsp3) is 0.462. The molecule has 0 saturated carbocycles. The lowest BCUT2D eigenvalue weighted by Crippen LogP contribution is -2.30. The van der Waals surface area contributed by atoms with Crippen LogP contribution in [-0.2, 0) is 0 Å². The molecule has 1 N–H and O–H groups in total. The van der Waals surface area contributed by atoms with E-state index in [-0.39, 0.29) is 0 Å². The zero-order valence-corrected chi connectivity index (χ0v) is 9.39. The highest BCUT2D eigenvalue weighted by molar-refractivity contribution is 5.56. The maximum Gasteiger partial charge on any atom is 0.0559 e. The van der Waals surface area contributed by atoms with E-state index in [1.54, 1.807) is 0 Å². The standard InChI is InChI=1S/C13H17N3/c1-2-10-5-12(7-14-6-10)16-8-11-3-4-15-13(11)9-16/h2,5-7,11,13,15H,1,3-4,8-9H2/t11?,13-/m0/s1. The molecule has 3 heteroatoms. The third-order valence-electron chi connectivity index (χ3n) is 3.71. The van der Waals surface area contributed by atoms with Crippen LogP contribution in [0.5, 0.6) is 0 Å². The van der Waals surface area contributed by atoms with Gasteiger partial charge in [-0.3, -0.25) is 4.98 Å². The number of aromatic nitrogens is 1. The van der Waals surface area contributed by atoms with Crippen LogP contribution in [-0.4, -0.2) is 30.7 Å². The Morgan fingerprint density at radius 1 is 1.44 bits per heavy atom. The molecule has 2 atom stereocenters. The van der Waals surface area contributed by atoms with Crippen molar-refractivity contribution in [2.24, 2.45) is 5.92 Å². The molecular formula is C13H17N3. The number of anilines is 1. The summed E-state index contributed by atoms with van der Waals surface area (Å²) in [7, 11) is 0. The second kappa shape index (κ2) is 3.91. The first-order valence-corrected chi connectivity index (χ1v) is 5.92. The lowest BCUT2D eigenvalue weighted by molar-refractivity contribution is 0.556. The molecule has 0 bridgehead atoms. The predicted molar refractivity (Wildman–Crippen MR) is 66.4 cm³/mol. The molecule has 2 aliphatic rings. The summed E-state index contributed by atoms with van der Waals surface area (Å²) >= 11 is 0. The van der Waals surface area contributed by atoms with Crippen LogP contribution in [0, 0.1) is 5.92 Å². The Bertz CT molecular complexity index is 390. The van der Waals surface area contributed by atoms with E-state index in [2.05, 4.69) is 27.8 Å². The average Bonchev–Trinajstić information content (AvgIpc) is 2.89. The SMILES string of the molecule is C=Cc1cncc(N2CC3CCN[C@H]3C2)c1. The van der Waals surface area contributed by atoms with E-state index in [0.717, 1.165) is 18.0 Å². The lowest BCUT2D eigenvalue weighted by atomic mass is 10.1.